The van der Waals surface area contributed by atoms with Gasteiger partial charge < -0.3 is 4.74 Å². The third-order valence-corrected chi connectivity index (χ3v) is 2.16. The largest absolute Gasteiger partial charge is 0.486 e. The second-order valence-electron chi connectivity index (χ2n) is 2.52. The Bertz CT molecular complexity index is 411. The summed E-state index contributed by atoms with van der Waals surface area (Å²) in [5.41, 5.74) is -0.997. The molecule has 82 valence electrons. The highest BCUT2D eigenvalue weighted by Crippen LogP contribution is 2.38. The molecular weight excluding hydrogens is 276 g/mol. The van der Waals surface area contributed by atoms with Crippen LogP contribution in [0.15, 0.2) is 10.5 Å². The van der Waals surface area contributed by atoms with Crippen molar-refractivity contribution in [2.24, 2.45) is 0 Å². The van der Waals surface area contributed by atoms with Gasteiger partial charge in [-0.2, -0.15) is 4.39 Å². The Morgan fingerprint density at radius 2 is 2.20 bits per heavy atom. The number of nitro groups is 1. The van der Waals surface area contributed by atoms with Crippen LogP contribution in [0.3, 0.4) is 0 Å². The molecule has 0 spiro atoms. The Labute approximate surface area is 92.1 Å². The molecule has 0 atom stereocenters. The summed E-state index contributed by atoms with van der Waals surface area (Å²) in [6.45, 7) is 1.70. The van der Waals surface area contributed by atoms with Crippen LogP contribution in [0.2, 0.25) is 0 Å². The molecule has 15 heavy (non-hydrogen) atoms. The first-order valence-corrected chi connectivity index (χ1v) is 4.73. The van der Waals surface area contributed by atoms with Crippen molar-refractivity contribution in [2.75, 3.05) is 6.61 Å². The number of benzene rings is 1. The van der Waals surface area contributed by atoms with Crippen LogP contribution < -0.4 is 4.74 Å². The minimum Gasteiger partial charge on any atom is -0.486 e. The fourth-order valence-corrected chi connectivity index (χ4v) is 1.51. The lowest BCUT2D eigenvalue weighted by atomic mass is 10.2. The maximum absolute atomic E-state index is 13.1. The topological polar surface area (TPSA) is 52.4 Å². The van der Waals surface area contributed by atoms with E-state index in [9.17, 15) is 18.9 Å². The van der Waals surface area contributed by atoms with Crippen molar-refractivity contribution in [1.29, 1.82) is 0 Å². The second kappa shape index (κ2) is 4.52. The average molecular weight is 282 g/mol. The number of rotatable bonds is 3. The highest BCUT2D eigenvalue weighted by atomic mass is 79.9. The molecule has 0 aromatic heterocycles. The van der Waals surface area contributed by atoms with Gasteiger partial charge in [0, 0.05) is 0 Å². The Hall–Kier alpha value is -1.24. The number of nitrogens with zero attached hydrogens (tertiary/aromatic N) is 1. The first-order valence-electron chi connectivity index (χ1n) is 3.93. The molecule has 1 aromatic rings. The van der Waals surface area contributed by atoms with E-state index in [0.717, 1.165) is 6.07 Å². The van der Waals surface area contributed by atoms with Crippen molar-refractivity contribution in [3.8, 4) is 5.75 Å². The van der Waals surface area contributed by atoms with E-state index in [2.05, 4.69) is 15.9 Å². The normalized spacial score (nSPS) is 10.1. The third kappa shape index (κ3) is 2.23. The van der Waals surface area contributed by atoms with Gasteiger partial charge in [-0.1, -0.05) is 0 Å². The van der Waals surface area contributed by atoms with Crippen molar-refractivity contribution in [2.45, 2.75) is 6.92 Å². The molecule has 0 radical (unpaired) electrons. The second-order valence-corrected chi connectivity index (χ2v) is 3.38. The summed E-state index contributed by atoms with van der Waals surface area (Å²) in [4.78, 5) is 9.50. The summed E-state index contributed by atoms with van der Waals surface area (Å²) >= 11 is 2.87. The smallest absolute Gasteiger partial charge is 0.350 e. The first-order chi connectivity index (χ1) is 6.99. The zero-order valence-electron chi connectivity index (χ0n) is 7.59. The summed E-state index contributed by atoms with van der Waals surface area (Å²) in [6.07, 6.45) is 0. The van der Waals surface area contributed by atoms with Crippen LogP contribution in [-0.2, 0) is 0 Å². The lowest BCUT2D eigenvalue weighted by Crippen LogP contribution is -2.02. The van der Waals surface area contributed by atoms with E-state index < -0.39 is 22.2 Å². The van der Waals surface area contributed by atoms with Gasteiger partial charge >= 0.3 is 5.69 Å². The number of halogens is 3. The van der Waals surface area contributed by atoms with Crippen LogP contribution in [0.1, 0.15) is 6.92 Å². The van der Waals surface area contributed by atoms with Gasteiger partial charge in [0.25, 0.3) is 0 Å². The number of ether oxygens (including phenoxy) is 1. The molecule has 0 N–H and O–H groups in total. The molecule has 0 bridgehead atoms. The minimum atomic E-state index is -1.52. The van der Waals surface area contributed by atoms with E-state index in [1.165, 1.54) is 0 Å². The summed E-state index contributed by atoms with van der Waals surface area (Å²) in [5.74, 6) is -3.12. The van der Waals surface area contributed by atoms with Crippen LogP contribution in [0.4, 0.5) is 14.5 Å². The summed E-state index contributed by atoms with van der Waals surface area (Å²) in [7, 11) is 0. The molecule has 1 rings (SSSR count). The molecule has 0 unspecified atom stereocenters. The molecule has 0 aliphatic carbocycles. The molecule has 0 saturated heterocycles. The van der Waals surface area contributed by atoms with Crippen molar-refractivity contribution < 1.29 is 18.4 Å². The summed E-state index contributed by atoms with van der Waals surface area (Å²) in [5, 5.41) is 10.5. The van der Waals surface area contributed by atoms with Crippen molar-refractivity contribution in [1.82, 2.24) is 0 Å². The van der Waals surface area contributed by atoms with Crippen molar-refractivity contribution in [3.63, 3.8) is 0 Å². The number of nitro benzene ring substituents is 1. The zero-order chi connectivity index (χ0) is 11.6. The molecule has 0 fully saturated rings. The van der Waals surface area contributed by atoms with E-state index in [1.54, 1.807) is 6.92 Å². The van der Waals surface area contributed by atoms with Gasteiger partial charge in [0.1, 0.15) is 0 Å². The Kier molecular flexibility index (Phi) is 3.57. The van der Waals surface area contributed by atoms with Gasteiger partial charge in [-0.05, 0) is 28.9 Å². The van der Waals surface area contributed by atoms with E-state index in [1.807, 2.05) is 0 Å². The van der Waals surface area contributed by atoms with Gasteiger partial charge in [-0.15, -0.1) is 0 Å². The van der Waals surface area contributed by atoms with Gasteiger partial charge in [0.15, 0.2) is 5.82 Å². The van der Waals surface area contributed by atoms with Crippen LogP contribution >= 0.6 is 15.9 Å². The summed E-state index contributed by atoms with van der Waals surface area (Å²) < 4.78 is 30.8. The Morgan fingerprint density at radius 1 is 1.60 bits per heavy atom. The molecular formula is C8H6BrF2NO3. The molecule has 0 amide bonds. The standard InChI is InChI=1S/C8H6BrF2NO3/c1-2-15-8-4(9)3-5(10)6(11)7(8)12(13)14/h3H,2H2,1H3. The lowest BCUT2D eigenvalue weighted by molar-refractivity contribution is -0.388. The van der Waals surface area contributed by atoms with Crippen LogP contribution in [0.25, 0.3) is 0 Å². The highest BCUT2D eigenvalue weighted by molar-refractivity contribution is 9.10. The fourth-order valence-electron chi connectivity index (χ4n) is 1.01. The zero-order valence-corrected chi connectivity index (χ0v) is 9.18. The van der Waals surface area contributed by atoms with E-state index in [-0.39, 0.29) is 16.8 Å². The Balaban J connectivity index is 3.47. The molecule has 1 aromatic carbocycles. The quantitative estimate of drug-likeness (QED) is 0.486. The monoisotopic (exact) mass is 281 g/mol. The van der Waals surface area contributed by atoms with Gasteiger partial charge in [-0.25, -0.2) is 4.39 Å². The van der Waals surface area contributed by atoms with Gasteiger partial charge in [0.05, 0.1) is 16.0 Å². The van der Waals surface area contributed by atoms with E-state index in [4.69, 9.17) is 4.74 Å². The fraction of sp³-hybridized carbons (Fsp3) is 0.250. The number of hydrogen-bond donors (Lipinski definition) is 0. The van der Waals surface area contributed by atoms with Crippen LogP contribution in [0.5, 0.6) is 5.75 Å². The molecule has 0 aliphatic rings. The predicted octanol–water partition coefficient (Wildman–Crippen LogP) is 3.03. The van der Waals surface area contributed by atoms with Crippen LogP contribution in [0, 0.1) is 21.7 Å². The highest BCUT2D eigenvalue weighted by Gasteiger charge is 2.28. The van der Waals surface area contributed by atoms with Crippen LogP contribution in [-0.4, -0.2) is 11.5 Å². The van der Waals surface area contributed by atoms with Gasteiger partial charge in [0.2, 0.25) is 11.6 Å². The summed E-state index contributed by atoms with van der Waals surface area (Å²) in [6, 6.07) is 0.785. The minimum absolute atomic E-state index is 0.00921. The van der Waals surface area contributed by atoms with Crippen molar-refractivity contribution >= 4 is 21.6 Å². The molecule has 0 heterocycles. The Morgan fingerprint density at radius 3 is 2.67 bits per heavy atom. The lowest BCUT2D eigenvalue weighted by Gasteiger charge is -2.07. The van der Waals surface area contributed by atoms with Crippen molar-refractivity contribution in [3.05, 3.63) is 32.3 Å². The predicted molar refractivity (Wildman–Crippen MR) is 51.9 cm³/mol. The van der Waals surface area contributed by atoms with E-state index >= 15 is 0 Å². The third-order valence-electron chi connectivity index (χ3n) is 1.57. The molecule has 7 heteroatoms. The number of hydrogen-bond acceptors (Lipinski definition) is 3. The maximum atomic E-state index is 13.1. The molecule has 0 saturated carbocycles. The SMILES string of the molecule is CCOc1c(Br)cc(F)c(F)c1[N+](=O)[O-]. The first kappa shape index (κ1) is 11.8. The average Bonchev–Trinajstić information content (AvgIpc) is 2.14. The molecule has 4 nitrogen and oxygen atoms in total. The van der Waals surface area contributed by atoms with E-state index in [0.29, 0.717) is 0 Å². The molecule has 0 aliphatic heterocycles. The maximum Gasteiger partial charge on any atom is 0.350 e. The van der Waals surface area contributed by atoms with Gasteiger partial charge in [-0.3, -0.25) is 10.1 Å².